The van der Waals surface area contributed by atoms with Gasteiger partial charge in [-0.05, 0) is 34.3 Å². The first-order chi connectivity index (χ1) is 9.15. The third-order valence-corrected chi connectivity index (χ3v) is 3.10. The van der Waals surface area contributed by atoms with Crippen LogP contribution in [0.15, 0.2) is 41.1 Å². The van der Waals surface area contributed by atoms with Crippen molar-refractivity contribution < 1.29 is 9.90 Å². The van der Waals surface area contributed by atoms with Gasteiger partial charge < -0.3 is 5.11 Å². The highest BCUT2D eigenvalue weighted by Gasteiger charge is 2.02. The molecule has 1 N–H and O–H groups in total. The SMILES string of the molecule is O=C(O)CCCc1ccc(-c2ncc(Br)cn2)cc1. The van der Waals surface area contributed by atoms with Crippen LogP contribution in [0.4, 0.5) is 0 Å². The number of aryl methyl sites for hydroxylation is 1. The number of hydrogen-bond acceptors (Lipinski definition) is 3. The zero-order valence-corrected chi connectivity index (χ0v) is 11.8. The molecule has 0 spiro atoms. The summed E-state index contributed by atoms with van der Waals surface area (Å²) in [6, 6.07) is 7.89. The van der Waals surface area contributed by atoms with Crippen LogP contribution in [-0.2, 0) is 11.2 Å². The van der Waals surface area contributed by atoms with Gasteiger partial charge in [0.25, 0.3) is 0 Å². The fraction of sp³-hybridized carbons (Fsp3) is 0.214. The Balaban J connectivity index is 2.02. The molecule has 0 saturated carbocycles. The normalized spacial score (nSPS) is 10.4. The van der Waals surface area contributed by atoms with Gasteiger partial charge >= 0.3 is 5.97 Å². The first-order valence-electron chi connectivity index (χ1n) is 5.94. The lowest BCUT2D eigenvalue weighted by Crippen LogP contribution is -1.96. The summed E-state index contributed by atoms with van der Waals surface area (Å²) >= 11 is 3.30. The molecule has 19 heavy (non-hydrogen) atoms. The summed E-state index contributed by atoms with van der Waals surface area (Å²) < 4.78 is 0.849. The van der Waals surface area contributed by atoms with Crippen LogP contribution in [0.5, 0.6) is 0 Å². The minimum atomic E-state index is -0.750. The lowest BCUT2D eigenvalue weighted by molar-refractivity contribution is -0.137. The monoisotopic (exact) mass is 320 g/mol. The van der Waals surface area contributed by atoms with Gasteiger partial charge in [-0.2, -0.15) is 0 Å². The molecule has 1 aromatic carbocycles. The molecule has 0 radical (unpaired) electrons. The maximum Gasteiger partial charge on any atom is 0.303 e. The fourth-order valence-electron chi connectivity index (χ4n) is 1.73. The van der Waals surface area contributed by atoms with Crippen LogP contribution >= 0.6 is 15.9 Å². The van der Waals surface area contributed by atoms with E-state index in [1.165, 1.54) is 0 Å². The van der Waals surface area contributed by atoms with E-state index in [0.717, 1.165) is 22.0 Å². The topological polar surface area (TPSA) is 63.1 Å². The lowest BCUT2D eigenvalue weighted by Gasteiger charge is -2.03. The molecule has 0 fully saturated rings. The van der Waals surface area contributed by atoms with Gasteiger partial charge in [0.1, 0.15) is 0 Å². The van der Waals surface area contributed by atoms with Crippen molar-refractivity contribution in [3.8, 4) is 11.4 Å². The van der Waals surface area contributed by atoms with Gasteiger partial charge in [0.15, 0.2) is 5.82 Å². The van der Waals surface area contributed by atoms with Crippen LogP contribution in [-0.4, -0.2) is 21.0 Å². The van der Waals surface area contributed by atoms with Crippen LogP contribution in [0.2, 0.25) is 0 Å². The fourth-order valence-corrected chi connectivity index (χ4v) is 1.93. The standard InChI is InChI=1S/C14H13BrN2O2/c15-12-8-16-14(17-9-12)11-6-4-10(5-7-11)2-1-3-13(18)19/h4-9H,1-3H2,(H,18,19). The molecular formula is C14H13BrN2O2. The summed E-state index contributed by atoms with van der Waals surface area (Å²) in [6.07, 6.45) is 5.06. The largest absolute Gasteiger partial charge is 0.481 e. The van der Waals surface area contributed by atoms with Crippen molar-refractivity contribution in [2.75, 3.05) is 0 Å². The van der Waals surface area contributed by atoms with Crippen LogP contribution < -0.4 is 0 Å². The van der Waals surface area contributed by atoms with Crippen molar-refractivity contribution in [2.24, 2.45) is 0 Å². The molecule has 2 aromatic rings. The maximum absolute atomic E-state index is 10.4. The third kappa shape index (κ3) is 4.13. The quantitative estimate of drug-likeness (QED) is 0.918. The van der Waals surface area contributed by atoms with E-state index in [1.807, 2.05) is 24.3 Å². The van der Waals surface area contributed by atoms with E-state index in [9.17, 15) is 4.79 Å². The van der Waals surface area contributed by atoms with Crippen molar-refractivity contribution in [1.29, 1.82) is 0 Å². The zero-order valence-electron chi connectivity index (χ0n) is 10.2. The van der Waals surface area contributed by atoms with Crippen molar-refractivity contribution >= 4 is 21.9 Å². The van der Waals surface area contributed by atoms with Crippen LogP contribution in [0, 0.1) is 0 Å². The van der Waals surface area contributed by atoms with Gasteiger partial charge in [-0.15, -0.1) is 0 Å². The van der Waals surface area contributed by atoms with E-state index in [4.69, 9.17) is 5.11 Å². The Hall–Kier alpha value is -1.75. The second-order valence-corrected chi connectivity index (χ2v) is 5.08. The maximum atomic E-state index is 10.4. The number of rotatable bonds is 5. The summed E-state index contributed by atoms with van der Waals surface area (Å²) in [7, 11) is 0. The Kier molecular flexibility index (Phi) is 4.63. The van der Waals surface area contributed by atoms with E-state index >= 15 is 0 Å². The molecule has 5 heteroatoms. The van der Waals surface area contributed by atoms with E-state index < -0.39 is 5.97 Å². The number of benzene rings is 1. The summed E-state index contributed by atoms with van der Waals surface area (Å²) in [5, 5.41) is 8.59. The molecule has 0 amide bonds. The van der Waals surface area contributed by atoms with Gasteiger partial charge in [-0.1, -0.05) is 24.3 Å². The van der Waals surface area contributed by atoms with Crippen molar-refractivity contribution in [2.45, 2.75) is 19.3 Å². The minimum absolute atomic E-state index is 0.206. The number of carboxylic acids is 1. The summed E-state index contributed by atoms with van der Waals surface area (Å²) in [4.78, 5) is 18.9. The highest BCUT2D eigenvalue weighted by atomic mass is 79.9. The van der Waals surface area contributed by atoms with E-state index in [0.29, 0.717) is 12.2 Å². The third-order valence-electron chi connectivity index (χ3n) is 2.69. The Bertz CT molecular complexity index is 553. The van der Waals surface area contributed by atoms with Gasteiger partial charge in [0, 0.05) is 24.4 Å². The molecule has 0 bridgehead atoms. The number of hydrogen-bond donors (Lipinski definition) is 1. The Morgan fingerprint density at radius 3 is 2.37 bits per heavy atom. The average Bonchev–Trinajstić information content (AvgIpc) is 2.40. The van der Waals surface area contributed by atoms with Crippen molar-refractivity contribution in [3.63, 3.8) is 0 Å². The molecular weight excluding hydrogens is 308 g/mol. The number of halogens is 1. The molecule has 98 valence electrons. The number of nitrogens with zero attached hydrogens (tertiary/aromatic N) is 2. The number of carbonyl (C=O) groups is 1. The molecule has 0 aliphatic rings. The first kappa shape index (κ1) is 13.7. The molecule has 1 heterocycles. The highest BCUT2D eigenvalue weighted by molar-refractivity contribution is 9.10. The predicted octanol–water partition coefficient (Wildman–Crippen LogP) is 3.31. The van der Waals surface area contributed by atoms with Crippen molar-refractivity contribution in [1.82, 2.24) is 9.97 Å². The molecule has 0 atom stereocenters. The lowest BCUT2D eigenvalue weighted by atomic mass is 10.1. The Morgan fingerprint density at radius 2 is 1.79 bits per heavy atom. The van der Waals surface area contributed by atoms with E-state index in [-0.39, 0.29) is 6.42 Å². The van der Waals surface area contributed by atoms with Crippen LogP contribution in [0.1, 0.15) is 18.4 Å². The molecule has 0 aliphatic heterocycles. The van der Waals surface area contributed by atoms with Crippen LogP contribution in [0.3, 0.4) is 0 Å². The molecule has 0 saturated heterocycles. The summed E-state index contributed by atoms with van der Waals surface area (Å²) in [6.45, 7) is 0. The Morgan fingerprint density at radius 1 is 1.16 bits per heavy atom. The number of aliphatic carboxylic acids is 1. The highest BCUT2D eigenvalue weighted by Crippen LogP contribution is 2.17. The second kappa shape index (κ2) is 6.43. The van der Waals surface area contributed by atoms with Gasteiger partial charge in [-0.25, -0.2) is 9.97 Å². The summed E-state index contributed by atoms with van der Waals surface area (Å²) in [5.74, 6) is -0.0693. The summed E-state index contributed by atoms with van der Waals surface area (Å²) in [5.41, 5.74) is 2.08. The Labute approximate surface area is 119 Å². The molecule has 4 nitrogen and oxygen atoms in total. The smallest absolute Gasteiger partial charge is 0.303 e. The molecule has 2 rings (SSSR count). The molecule has 0 unspecified atom stereocenters. The molecule has 1 aromatic heterocycles. The van der Waals surface area contributed by atoms with Gasteiger partial charge in [-0.3, -0.25) is 4.79 Å². The van der Waals surface area contributed by atoms with Gasteiger partial charge in [0.05, 0.1) is 4.47 Å². The average molecular weight is 321 g/mol. The zero-order chi connectivity index (χ0) is 13.7. The minimum Gasteiger partial charge on any atom is -0.481 e. The predicted molar refractivity (Wildman–Crippen MR) is 75.7 cm³/mol. The molecule has 0 aliphatic carbocycles. The van der Waals surface area contributed by atoms with Gasteiger partial charge in [0.2, 0.25) is 0 Å². The second-order valence-electron chi connectivity index (χ2n) is 4.17. The number of carboxylic acid groups (broad SMARTS) is 1. The van der Waals surface area contributed by atoms with Crippen LogP contribution in [0.25, 0.3) is 11.4 Å². The first-order valence-corrected chi connectivity index (χ1v) is 6.73. The van der Waals surface area contributed by atoms with E-state index in [2.05, 4.69) is 25.9 Å². The van der Waals surface area contributed by atoms with Crippen molar-refractivity contribution in [3.05, 3.63) is 46.7 Å². The van der Waals surface area contributed by atoms with E-state index in [1.54, 1.807) is 12.4 Å². The number of aromatic nitrogens is 2.